The van der Waals surface area contributed by atoms with Gasteiger partial charge in [-0.1, -0.05) is 6.07 Å². The van der Waals surface area contributed by atoms with Crippen molar-refractivity contribution >= 4 is 11.5 Å². The maximum atomic E-state index is 11.1. The van der Waals surface area contributed by atoms with Crippen LogP contribution in [0.5, 0.6) is 0 Å². The SMILES string of the molecule is CC(C)(C(=O)O)c1cnn2ccccc12. The molecule has 0 spiro atoms. The lowest BCUT2D eigenvalue weighted by Crippen LogP contribution is -2.28. The van der Waals surface area contributed by atoms with Gasteiger partial charge in [0.05, 0.1) is 17.1 Å². The van der Waals surface area contributed by atoms with E-state index in [9.17, 15) is 4.79 Å². The molecule has 0 amide bonds. The molecule has 2 heterocycles. The summed E-state index contributed by atoms with van der Waals surface area (Å²) >= 11 is 0. The summed E-state index contributed by atoms with van der Waals surface area (Å²) < 4.78 is 1.68. The van der Waals surface area contributed by atoms with Crippen molar-refractivity contribution in [2.45, 2.75) is 19.3 Å². The molecule has 0 fully saturated rings. The first-order valence-corrected chi connectivity index (χ1v) is 4.70. The fourth-order valence-corrected chi connectivity index (χ4v) is 1.53. The van der Waals surface area contributed by atoms with Gasteiger partial charge in [-0.3, -0.25) is 4.79 Å². The molecule has 0 bridgehead atoms. The number of carbonyl (C=O) groups is 1. The highest BCUT2D eigenvalue weighted by molar-refractivity contribution is 5.83. The third-order valence-corrected chi connectivity index (χ3v) is 2.63. The molecule has 4 nitrogen and oxygen atoms in total. The fraction of sp³-hybridized carbons (Fsp3) is 0.273. The number of aromatic nitrogens is 2. The molecule has 2 aromatic rings. The van der Waals surface area contributed by atoms with Crippen molar-refractivity contribution in [2.75, 3.05) is 0 Å². The predicted molar refractivity (Wildman–Crippen MR) is 55.9 cm³/mol. The van der Waals surface area contributed by atoms with Crippen LogP contribution in [0.15, 0.2) is 30.6 Å². The van der Waals surface area contributed by atoms with E-state index in [1.807, 2.05) is 18.2 Å². The Morgan fingerprint density at radius 1 is 1.47 bits per heavy atom. The molecule has 0 aliphatic rings. The van der Waals surface area contributed by atoms with E-state index in [1.54, 1.807) is 30.8 Å². The van der Waals surface area contributed by atoms with Crippen LogP contribution in [-0.4, -0.2) is 20.7 Å². The summed E-state index contributed by atoms with van der Waals surface area (Å²) in [6.45, 7) is 3.36. The molecule has 0 aromatic carbocycles. The number of nitrogens with zero attached hydrogens (tertiary/aromatic N) is 2. The maximum absolute atomic E-state index is 11.1. The Kier molecular flexibility index (Phi) is 2.00. The van der Waals surface area contributed by atoms with Crippen LogP contribution in [0, 0.1) is 0 Å². The smallest absolute Gasteiger partial charge is 0.313 e. The van der Waals surface area contributed by atoms with E-state index in [2.05, 4.69) is 5.10 Å². The van der Waals surface area contributed by atoms with Gasteiger partial charge in [0, 0.05) is 11.8 Å². The lowest BCUT2D eigenvalue weighted by molar-refractivity contribution is -0.142. The molecule has 15 heavy (non-hydrogen) atoms. The molecule has 0 radical (unpaired) electrons. The number of hydrogen-bond acceptors (Lipinski definition) is 2. The second-order valence-corrected chi connectivity index (χ2v) is 4.02. The van der Waals surface area contributed by atoms with Gasteiger partial charge in [0.1, 0.15) is 0 Å². The second-order valence-electron chi connectivity index (χ2n) is 4.02. The molecule has 78 valence electrons. The number of aliphatic carboxylic acids is 1. The summed E-state index contributed by atoms with van der Waals surface area (Å²) in [4.78, 5) is 11.1. The summed E-state index contributed by atoms with van der Waals surface area (Å²) in [5.74, 6) is -0.846. The Morgan fingerprint density at radius 2 is 2.20 bits per heavy atom. The van der Waals surface area contributed by atoms with Gasteiger partial charge in [-0.05, 0) is 26.0 Å². The summed E-state index contributed by atoms with van der Waals surface area (Å²) in [6.07, 6.45) is 3.42. The first-order valence-electron chi connectivity index (χ1n) is 4.70. The second kappa shape index (κ2) is 3.08. The summed E-state index contributed by atoms with van der Waals surface area (Å²) in [6, 6.07) is 5.60. The van der Waals surface area contributed by atoms with Crippen molar-refractivity contribution in [1.29, 1.82) is 0 Å². The number of carboxylic acids is 1. The molecule has 0 aliphatic carbocycles. The lowest BCUT2D eigenvalue weighted by Gasteiger charge is -2.17. The normalized spacial score (nSPS) is 11.9. The Morgan fingerprint density at radius 3 is 2.87 bits per heavy atom. The molecule has 0 aliphatic heterocycles. The third kappa shape index (κ3) is 1.38. The standard InChI is InChI=1S/C11H12N2O2/c1-11(2,10(14)15)8-7-12-13-6-4-3-5-9(8)13/h3-7H,1-2H3,(H,14,15). The Bertz CT molecular complexity index is 514. The van der Waals surface area contributed by atoms with Gasteiger partial charge in [0.2, 0.25) is 0 Å². The van der Waals surface area contributed by atoms with Crippen LogP contribution < -0.4 is 0 Å². The van der Waals surface area contributed by atoms with Crippen LogP contribution in [0.1, 0.15) is 19.4 Å². The Labute approximate surface area is 87.2 Å². The highest BCUT2D eigenvalue weighted by Crippen LogP contribution is 2.27. The first kappa shape index (κ1) is 9.71. The topological polar surface area (TPSA) is 54.6 Å². The molecule has 2 rings (SSSR count). The minimum absolute atomic E-state index is 0.732. The van der Waals surface area contributed by atoms with Crippen molar-refractivity contribution in [1.82, 2.24) is 9.61 Å². The van der Waals surface area contributed by atoms with Crippen LogP contribution in [0.3, 0.4) is 0 Å². The van der Waals surface area contributed by atoms with E-state index in [-0.39, 0.29) is 0 Å². The van der Waals surface area contributed by atoms with E-state index in [0.29, 0.717) is 0 Å². The van der Waals surface area contributed by atoms with Crippen molar-refractivity contribution in [3.8, 4) is 0 Å². The van der Waals surface area contributed by atoms with Crippen molar-refractivity contribution < 1.29 is 9.90 Å². The average molecular weight is 204 g/mol. The minimum atomic E-state index is -0.914. The molecule has 1 N–H and O–H groups in total. The minimum Gasteiger partial charge on any atom is -0.481 e. The van der Waals surface area contributed by atoms with Crippen molar-refractivity contribution in [3.63, 3.8) is 0 Å². The van der Waals surface area contributed by atoms with Gasteiger partial charge in [-0.2, -0.15) is 5.10 Å². The summed E-state index contributed by atoms with van der Waals surface area (Å²) in [7, 11) is 0. The van der Waals surface area contributed by atoms with Crippen molar-refractivity contribution in [3.05, 3.63) is 36.2 Å². The lowest BCUT2D eigenvalue weighted by atomic mass is 9.86. The van der Waals surface area contributed by atoms with Gasteiger partial charge in [-0.15, -0.1) is 0 Å². The fourth-order valence-electron chi connectivity index (χ4n) is 1.53. The zero-order valence-electron chi connectivity index (χ0n) is 8.64. The van der Waals surface area contributed by atoms with Crippen LogP contribution in [0.25, 0.3) is 5.52 Å². The van der Waals surface area contributed by atoms with E-state index < -0.39 is 11.4 Å². The number of rotatable bonds is 2. The van der Waals surface area contributed by atoms with Gasteiger partial charge >= 0.3 is 5.97 Å². The molecule has 0 unspecified atom stereocenters. The number of fused-ring (bicyclic) bond motifs is 1. The predicted octanol–water partition coefficient (Wildman–Crippen LogP) is 1.70. The average Bonchev–Trinajstić information content (AvgIpc) is 2.61. The molecule has 4 heteroatoms. The molecular formula is C11H12N2O2. The molecule has 2 aromatic heterocycles. The van der Waals surface area contributed by atoms with Gasteiger partial charge < -0.3 is 5.11 Å². The molecule has 0 atom stereocenters. The largest absolute Gasteiger partial charge is 0.481 e. The van der Waals surface area contributed by atoms with E-state index in [4.69, 9.17) is 5.11 Å². The number of pyridine rings is 1. The third-order valence-electron chi connectivity index (χ3n) is 2.63. The first-order chi connectivity index (χ1) is 7.03. The molecule has 0 saturated heterocycles. The zero-order chi connectivity index (χ0) is 11.1. The van der Waals surface area contributed by atoms with Crippen LogP contribution >= 0.6 is 0 Å². The van der Waals surface area contributed by atoms with Gasteiger partial charge in [-0.25, -0.2) is 4.52 Å². The Balaban J connectivity index is 2.67. The molecular weight excluding hydrogens is 192 g/mol. The highest BCUT2D eigenvalue weighted by atomic mass is 16.4. The van der Waals surface area contributed by atoms with Crippen LogP contribution in [0.2, 0.25) is 0 Å². The van der Waals surface area contributed by atoms with Crippen LogP contribution in [-0.2, 0) is 10.2 Å². The Hall–Kier alpha value is -1.84. The van der Waals surface area contributed by atoms with Crippen LogP contribution in [0.4, 0.5) is 0 Å². The number of hydrogen-bond donors (Lipinski definition) is 1. The van der Waals surface area contributed by atoms with Gasteiger partial charge in [0.15, 0.2) is 0 Å². The van der Waals surface area contributed by atoms with Crippen molar-refractivity contribution in [2.24, 2.45) is 0 Å². The van der Waals surface area contributed by atoms with E-state index >= 15 is 0 Å². The van der Waals surface area contributed by atoms with E-state index in [0.717, 1.165) is 11.1 Å². The van der Waals surface area contributed by atoms with Gasteiger partial charge in [0.25, 0.3) is 0 Å². The monoisotopic (exact) mass is 204 g/mol. The number of carboxylic acid groups (broad SMARTS) is 1. The highest BCUT2D eigenvalue weighted by Gasteiger charge is 2.32. The molecule has 0 saturated carbocycles. The van der Waals surface area contributed by atoms with E-state index in [1.165, 1.54) is 0 Å². The maximum Gasteiger partial charge on any atom is 0.313 e. The summed E-state index contributed by atoms with van der Waals surface area (Å²) in [5.41, 5.74) is 0.656. The zero-order valence-corrected chi connectivity index (χ0v) is 8.64. The summed E-state index contributed by atoms with van der Waals surface area (Å²) in [5, 5.41) is 13.3. The quantitative estimate of drug-likeness (QED) is 0.810.